The summed E-state index contributed by atoms with van der Waals surface area (Å²) in [6.07, 6.45) is 2.27. The normalized spacial score (nSPS) is 10.3. The molecule has 0 radical (unpaired) electrons. The van der Waals surface area contributed by atoms with Crippen molar-refractivity contribution in [3.05, 3.63) is 54.1 Å². The first-order chi connectivity index (χ1) is 15.0. The maximum atomic E-state index is 12.6. The molecule has 0 saturated carbocycles. The number of carbonyl (C=O) groups excluding carboxylic acids is 3. The molecule has 0 aliphatic rings. The zero-order valence-electron chi connectivity index (χ0n) is 18.5. The minimum Gasteiger partial charge on any atom is -0.376 e. The lowest BCUT2D eigenvalue weighted by Gasteiger charge is -2.21. The Hall–Kier alpha value is -3.35. The minimum atomic E-state index is -0.192. The number of amides is 3. The van der Waals surface area contributed by atoms with Crippen LogP contribution in [0.2, 0.25) is 0 Å². The van der Waals surface area contributed by atoms with Crippen LogP contribution in [0.1, 0.15) is 50.4 Å². The third-order valence-corrected chi connectivity index (χ3v) is 4.63. The number of anilines is 3. The zero-order valence-corrected chi connectivity index (χ0v) is 18.5. The Kier molecular flexibility index (Phi) is 9.55. The van der Waals surface area contributed by atoms with Gasteiger partial charge in [0.15, 0.2) is 0 Å². The van der Waals surface area contributed by atoms with Crippen LogP contribution in [0.4, 0.5) is 17.1 Å². The first-order valence-corrected chi connectivity index (χ1v) is 10.8. The molecule has 0 saturated heterocycles. The highest BCUT2D eigenvalue weighted by molar-refractivity contribution is 5.96. The molecule has 7 nitrogen and oxygen atoms in total. The average molecular weight is 425 g/mol. The van der Waals surface area contributed by atoms with E-state index in [0.717, 1.165) is 31.6 Å². The number of hydrogen-bond donors (Lipinski definition) is 3. The van der Waals surface area contributed by atoms with E-state index in [4.69, 9.17) is 0 Å². The first-order valence-electron chi connectivity index (χ1n) is 10.8. The predicted octanol–water partition coefficient (Wildman–Crippen LogP) is 4.35. The molecule has 0 atom stereocenters. The summed E-state index contributed by atoms with van der Waals surface area (Å²) in [5.41, 5.74) is 2.75. The van der Waals surface area contributed by atoms with Crippen LogP contribution in [0.25, 0.3) is 0 Å². The van der Waals surface area contributed by atoms with Crippen molar-refractivity contribution in [1.29, 1.82) is 0 Å². The van der Waals surface area contributed by atoms with E-state index in [1.807, 2.05) is 17.0 Å². The highest BCUT2D eigenvalue weighted by atomic mass is 16.2. The number of nitrogens with one attached hydrogen (secondary N) is 3. The summed E-state index contributed by atoms with van der Waals surface area (Å²) in [6.45, 7) is 7.51. The Bertz CT molecular complexity index is 857. The molecule has 0 aliphatic heterocycles. The fourth-order valence-corrected chi connectivity index (χ4v) is 3.04. The molecule has 3 amide bonds. The van der Waals surface area contributed by atoms with Crippen molar-refractivity contribution in [2.24, 2.45) is 0 Å². The summed E-state index contributed by atoms with van der Waals surface area (Å²) in [5.74, 6) is -0.216. The van der Waals surface area contributed by atoms with Gasteiger partial charge in [-0.05, 0) is 61.4 Å². The van der Waals surface area contributed by atoms with Crippen molar-refractivity contribution in [2.45, 2.75) is 40.0 Å². The summed E-state index contributed by atoms with van der Waals surface area (Å²) in [4.78, 5) is 38.1. The Morgan fingerprint density at radius 3 is 1.68 bits per heavy atom. The highest BCUT2D eigenvalue weighted by Gasteiger charge is 2.14. The van der Waals surface area contributed by atoms with E-state index >= 15 is 0 Å². The van der Waals surface area contributed by atoms with Gasteiger partial charge in [-0.2, -0.15) is 0 Å². The number of nitrogens with zero attached hydrogens (tertiary/aromatic N) is 1. The monoisotopic (exact) mass is 424 g/mol. The van der Waals surface area contributed by atoms with E-state index in [0.29, 0.717) is 23.4 Å². The van der Waals surface area contributed by atoms with Gasteiger partial charge in [0, 0.05) is 42.1 Å². The maximum Gasteiger partial charge on any atom is 0.253 e. The Balaban J connectivity index is 1.85. The molecule has 31 heavy (non-hydrogen) atoms. The lowest BCUT2D eigenvalue weighted by molar-refractivity contribution is -0.116. The topological polar surface area (TPSA) is 90.5 Å². The third kappa shape index (κ3) is 7.77. The van der Waals surface area contributed by atoms with Crippen LogP contribution in [0.5, 0.6) is 0 Å². The van der Waals surface area contributed by atoms with Crippen molar-refractivity contribution < 1.29 is 14.4 Å². The fourth-order valence-electron chi connectivity index (χ4n) is 3.04. The molecule has 2 aromatic carbocycles. The van der Waals surface area contributed by atoms with E-state index in [-0.39, 0.29) is 24.3 Å². The van der Waals surface area contributed by atoms with Gasteiger partial charge in [0.05, 0.1) is 6.54 Å². The van der Waals surface area contributed by atoms with Crippen LogP contribution in [0, 0.1) is 0 Å². The molecule has 3 N–H and O–H groups in total. The molecule has 166 valence electrons. The molecule has 2 aromatic rings. The summed E-state index contributed by atoms with van der Waals surface area (Å²) in [5, 5.41) is 8.63. The van der Waals surface area contributed by atoms with Crippen molar-refractivity contribution >= 4 is 34.8 Å². The molecular formula is C24H32N4O3. The Labute approximate surface area is 184 Å². The molecular weight excluding hydrogens is 392 g/mol. The average Bonchev–Trinajstić information content (AvgIpc) is 2.78. The van der Waals surface area contributed by atoms with Gasteiger partial charge in [0.25, 0.3) is 5.91 Å². The Morgan fingerprint density at radius 1 is 0.710 bits per heavy atom. The van der Waals surface area contributed by atoms with E-state index < -0.39 is 0 Å². The van der Waals surface area contributed by atoms with E-state index in [9.17, 15) is 14.4 Å². The number of hydrogen-bond acceptors (Lipinski definition) is 4. The molecule has 2 rings (SSSR count). The minimum absolute atomic E-state index is 0.0339. The number of benzene rings is 2. The second-order valence-electron chi connectivity index (χ2n) is 7.25. The van der Waals surface area contributed by atoms with Gasteiger partial charge in [-0.25, -0.2) is 0 Å². The van der Waals surface area contributed by atoms with Crippen molar-refractivity contribution in [1.82, 2.24) is 4.90 Å². The first kappa shape index (κ1) is 23.9. The van der Waals surface area contributed by atoms with Crippen LogP contribution in [0.15, 0.2) is 48.5 Å². The quantitative estimate of drug-likeness (QED) is 0.500. The van der Waals surface area contributed by atoms with Gasteiger partial charge in [0.1, 0.15) is 0 Å². The second-order valence-corrected chi connectivity index (χ2v) is 7.25. The zero-order chi connectivity index (χ0) is 22.6. The van der Waals surface area contributed by atoms with Crippen LogP contribution >= 0.6 is 0 Å². The summed E-state index contributed by atoms with van der Waals surface area (Å²) in [6, 6.07) is 14.1. The molecule has 0 heterocycles. The largest absolute Gasteiger partial charge is 0.376 e. The molecule has 0 unspecified atom stereocenters. The van der Waals surface area contributed by atoms with E-state index in [2.05, 4.69) is 29.8 Å². The number of rotatable bonds is 11. The SMILES string of the molecule is CCCN(CCC)C(=O)c1ccc(NCC(=O)Nc2ccc(NC(=O)CC)cc2)cc1. The lowest BCUT2D eigenvalue weighted by atomic mass is 10.1. The van der Waals surface area contributed by atoms with Crippen molar-refractivity contribution in [3.63, 3.8) is 0 Å². The second kappa shape index (κ2) is 12.4. The summed E-state index contributed by atoms with van der Waals surface area (Å²) >= 11 is 0. The van der Waals surface area contributed by atoms with Crippen LogP contribution < -0.4 is 16.0 Å². The highest BCUT2D eigenvalue weighted by Crippen LogP contribution is 2.15. The van der Waals surface area contributed by atoms with Gasteiger partial charge >= 0.3 is 0 Å². The Morgan fingerprint density at radius 2 is 1.19 bits per heavy atom. The van der Waals surface area contributed by atoms with Crippen molar-refractivity contribution in [2.75, 3.05) is 35.6 Å². The lowest BCUT2D eigenvalue weighted by Crippen LogP contribution is -2.32. The summed E-state index contributed by atoms with van der Waals surface area (Å²) in [7, 11) is 0. The van der Waals surface area contributed by atoms with E-state index in [1.54, 1.807) is 43.3 Å². The predicted molar refractivity (Wildman–Crippen MR) is 125 cm³/mol. The van der Waals surface area contributed by atoms with Gasteiger partial charge in [-0.3, -0.25) is 14.4 Å². The molecule has 0 fully saturated rings. The van der Waals surface area contributed by atoms with Gasteiger partial charge in [-0.15, -0.1) is 0 Å². The third-order valence-electron chi connectivity index (χ3n) is 4.63. The summed E-state index contributed by atoms with van der Waals surface area (Å²) < 4.78 is 0. The van der Waals surface area contributed by atoms with Crippen LogP contribution in [-0.4, -0.2) is 42.3 Å². The number of carbonyl (C=O) groups is 3. The molecule has 0 bridgehead atoms. The van der Waals surface area contributed by atoms with Gasteiger partial charge in [0.2, 0.25) is 11.8 Å². The van der Waals surface area contributed by atoms with Crippen LogP contribution in [-0.2, 0) is 9.59 Å². The molecule has 0 spiro atoms. The van der Waals surface area contributed by atoms with Gasteiger partial charge < -0.3 is 20.9 Å². The molecule has 7 heteroatoms. The van der Waals surface area contributed by atoms with Gasteiger partial charge in [-0.1, -0.05) is 20.8 Å². The standard InChI is InChI=1S/C24H32N4O3/c1-4-15-28(16-5-2)24(31)18-7-9-19(10-8-18)25-17-23(30)27-21-13-11-20(12-14-21)26-22(29)6-3/h7-14,25H,4-6,15-17H2,1-3H3,(H,26,29)(H,27,30). The smallest absolute Gasteiger partial charge is 0.253 e. The van der Waals surface area contributed by atoms with Crippen LogP contribution in [0.3, 0.4) is 0 Å². The van der Waals surface area contributed by atoms with E-state index in [1.165, 1.54) is 0 Å². The molecule has 0 aliphatic carbocycles. The maximum absolute atomic E-state index is 12.6. The molecule has 0 aromatic heterocycles. The van der Waals surface area contributed by atoms with Crippen molar-refractivity contribution in [3.8, 4) is 0 Å². The fraction of sp³-hybridized carbons (Fsp3) is 0.375.